The summed E-state index contributed by atoms with van der Waals surface area (Å²) in [6, 6.07) is 11.4. The first kappa shape index (κ1) is 20.8. The van der Waals surface area contributed by atoms with Crippen molar-refractivity contribution in [2.24, 2.45) is 4.99 Å². The van der Waals surface area contributed by atoms with Gasteiger partial charge in [-0.15, -0.1) is 11.8 Å². The maximum absolute atomic E-state index is 12.9. The van der Waals surface area contributed by atoms with E-state index in [0.717, 1.165) is 27.4 Å². The van der Waals surface area contributed by atoms with Crippen molar-refractivity contribution in [3.63, 3.8) is 0 Å². The Labute approximate surface area is 176 Å². The SMILES string of the molecule is COc1cc2sc(=NC(=O)c3ccccc3SC)n(CCSC)c2cc1OC. The Morgan fingerprint density at radius 3 is 2.54 bits per heavy atom. The second-order valence-electron chi connectivity index (χ2n) is 5.82. The second kappa shape index (κ2) is 9.54. The van der Waals surface area contributed by atoms with Crippen molar-refractivity contribution < 1.29 is 14.3 Å². The number of ether oxygens (including phenoxy) is 2. The van der Waals surface area contributed by atoms with Gasteiger partial charge < -0.3 is 14.0 Å². The largest absolute Gasteiger partial charge is 0.493 e. The van der Waals surface area contributed by atoms with Crippen molar-refractivity contribution in [3.05, 3.63) is 46.8 Å². The van der Waals surface area contributed by atoms with Crippen molar-refractivity contribution in [1.29, 1.82) is 0 Å². The van der Waals surface area contributed by atoms with Crippen LogP contribution in [-0.2, 0) is 6.54 Å². The fourth-order valence-corrected chi connectivity index (χ4v) is 4.87. The highest BCUT2D eigenvalue weighted by Crippen LogP contribution is 2.33. The smallest absolute Gasteiger partial charge is 0.280 e. The molecule has 28 heavy (non-hydrogen) atoms. The number of aryl methyl sites for hydroxylation is 1. The molecule has 0 fully saturated rings. The van der Waals surface area contributed by atoms with Crippen LogP contribution in [0.5, 0.6) is 11.5 Å². The summed E-state index contributed by atoms with van der Waals surface area (Å²) in [5.74, 6) is 2.02. The molecule has 0 radical (unpaired) electrons. The summed E-state index contributed by atoms with van der Waals surface area (Å²) in [5.41, 5.74) is 1.61. The third-order valence-electron chi connectivity index (χ3n) is 4.24. The van der Waals surface area contributed by atoms with Crippen molar-refractivity contribution in [2.45, 2.75) is 11.4 Å². The Morgan fingerprint density at radius 1 is 1.14 bits per heavy atom. The van der Waals surface area contributed by atoms with Gasteiger partial charge in [-0.3, -0.25) is 4.79 Å². The molecule has 1 aromatic heterocycles. The van der Waals surface area contributed by atoms with Crippen LogP contribution in [0.1, 0.15) is 10.4 Å². The van der Waals surface area contributed by atoms with Crippen molar-refractivity contribution in [1.82, 2.24) is 4.57 Å². The average Bonchev–Trinajstić information content (AvgIpc) is 3.06. The van der Waals surface area contributed by atoms with Gasteiger partial charge in [-0.05, 0) is 24.6 Å². The number of carbonyl (C=O) groups excluding carboxylic acids is 1. The number of methoxy groups -OCH3 is 2. The highest BCUT2D eigenvalue weighted by Gasteiger charge is 2.15. The lowest BCUT2D eigenvalue weighted by Crippen LogP contribution is -2.18. The number of aromatic nitrogens is 1. The molecule has 5 nitrogen and oxygen atoms in total. The van der Waals surface area contributed by atoms with E-state index < -0.39 is 0 Å². The van der Waals surface area contributed by atoms with Crippen molar-refractivity contribution in [2.75, 3.05) is 32.5 Å². The number of hydrogen-bond acceptors (Lipinski definition) is 6. The highest BCUT2D eigenvalue weighted by atomic mass is 32.2. The van der Waals surface area contributed by atoms with Crippen LogP contribution < -0.4 is 14.3 Å². The minimum Gasteiger partial charge on any atom is -0.493 e. The fraction of sp³-hybridized carbons (Fsp3) is 0.300. The molecule has 0 aliphatic carbocycles. The predicted molar refractivity (Wildman–Crippen MR) is 119 cm³/mol. The van der Waals surface area contributed by atoms with Gasteiger partial charge in [0.2, 0.25) is 0 Å². The molecule has 0 bridgehead atoms. The molecule has 0 saturated carbocycles. The van der Waals surface area contributed by atoms with Gasteiger partial charge in [-0.2, -0.15) is 16.8 Å². The van der Waals surface area contributed by atoms with Crippen LogP contribution in [0.2, 0.25) is 0 Å². The fourth-order valence-electron chi connectivity index (χ4n) is 2.85. The Balaban J connectivity index is 2.18. The van der Waals surface area contributed by atoms with Crippen LogP contribution in [0, 0.1) is 0 Å². The lowest BCUT2D eigenvalue weighted by molar-refractivity contribution is 0.0995. The zero-order valence-electron chi connectivity index (χ0n) is 16.2. The number of amides is 1. The van der Waals surface area contributed by atoms with Gasteiger partial charge in [0, 0.05) is 29.3 Å². The van der Waals surface area contributed by atoms with Crippen LogP contribution in [0.3, 0.4) is 0 Å². The van der Waals surface area contributed by atoms with Gasteiger partial charge in [-0.25, -0.2) is 0 Å². The maximum atomic E-state index is 12.9. The van der Waals surface area contributed by atoms with Crippen molar-refractivity contribution in [3.8, 4) is 11.5 Å². The van der Waals surface area contributed by atoms with Gasteiger partial charge in [0.25, 0.3) is 5.91 Å². The molecule has 0 N–H and O–H groups in total. The van der Waals surface area contributed by atoms with Crippen LogP contribution in [0.15, 0.2) is 46.3 Å². The number of benzene rings is 2. The molecule has 148 valence electrons. The standard InChI is InChI=1S/C20H22N2O3S3/c1-24-15-11-14-18(12-16(15)25-2)28-20(22(14)9-10-26-3)21-19(23)13-7-5-6-8-17(13)27-4/h5-8,11-12H,9-10H2,1-4H3. The summed E-state index contributed by atoms with van der Waals surface area (Å²) < 4.78 is 14.0. The van der Waals surface area contributed by atoms with E-state index in [1.54, 1.807) is 37.7 Å². The molecule has 8 heteroatoms. The third kappa shape index (κ3) is 4.24. The van der Waals surface area contributed by atoms with E-state index in [1.165, 1.54) is 11.3 Å². The van der Waals surface area contributed by atoms with E-state index in [0.29, 0.717) is 21.9 Å². The minimum absolute atomic E-state index is 0.228. The molecule has 0 aliphatic heterocycles. The molecular weight excluding hydrogens is 412 g/mol. The first-order chi connectivity index (χ1) is 13.6. The summed E-state index contributed by atoms with van der Waals surface area (Å²) in [5, 5.41) is 0. The molecule has 0 spiro atoms. The zero-order chi connectivity index (χ0) is 20.1. The van der Waals surface area contributed by atoms with Gasteiger partial charge >= 0.3 is 0 Å². The summed E-state index contributed by atoms with van der Waals surface area (Å²) in [4.78, 5) is 19.0. The van der Waals surface area contributed by atoms with Crippen LogP contribution in [0.4, 0.5) is 0 Å². The number of hydrogen-bond donors (Lipinski definition) is 0. The van der Waals surface area contributed by atoms with Gasteiger partial charge in [0.1, 0.15) is 0 Å². The van der Waals surface area contributed by atoms with Crippen LogP contribution >= 0.6 is 34.9 Å². The average molecular weight is 435 g/mol. The number of rotatable bonds is 7. The van der Waals surface area contributed by atoms with E-state index in [1.807, 2.05) is 42.7 Å². The Hall–Kier alpha value is -1.90. The zero-order valence-corrected chi connectivity index (χ0v) is 18.7. The summed E-state index contributed by atoms with van der Waals surface area (Å²) in [6.07, 6.45) is 4.03. The molecule has 1 heterocycles. The Kier molecular flexibility index (Phi) is 7.09. The number of thiazole rings is 1. The highest BCUT2D eigenvalue weighted by molar-refractivity contribution is 7.98. The molecule has 0 saturated heterocycles. The molecule has 3 rings (SSSR count). The number of fused-ring (bicyclic) bond motifs is 1. The molecule has 2 aromatic carbocycles. The van der Waals surface area contributed by atoms with Crippen LogP contribution in [0.25, 0.3) is 10.2 Å². The molecule has 3 aromatic rings. The van der Waals surface area contributed by atoms with Crippen molar-refractivity contribution >= 4 is 51.0 Å². The summed E-state index contributed by atoms with van der Waals surface area (Å²) in [7, 11) is 3.24. The molecule has 0 unspecified atom stereocenters. The molecule has 0 atom stereocenters. The third-order valence-corrected chi connectivity index (χ3v) is 6.67. The quantitative estimate of drug-likeness (QED) is 0.511. The lowest BCUT2D eigenvalue weighted by atomic mass is 10.2. The van der Waals surface area contributed by atoms with Crippen LogP contribution in [-0.4, -0.2) is 43.0 Å². The molecule has 0 aliphatic rings. The Morgan fingerprint density at radius 2 is 1.86 bits per heavy atom. The lowest BCUT2D eigenvalue weighted by Gasteiger charge is -2.09. The van der Waals surface area contributed by atoms with E-state index in [4.69, 9.17) is 9.47 Å². The van der Waals surface area contributed by atoms with Gasteiger partial charge in [-0.1, -0.05) is 23.5 Å². The normalized spacial score (nSPS) is 11.8. The first-order valence-electron chi connectivity index (χ1n) is 8.59. The minimum atomic E-state index is -0.228. The van der Waals surface area contributed by atoms with Gasteiger partial charge in [0.15, 0.2) is 16.3 Å². The second-order valence-corrected chi connectivity index (χ2v) is 8.66. The number of carbonyl (C=O) groups is 1. The van der Waals surface area contributed by atoms with E-state index in [-0.39, 0.29) is 5.91 Å². The summed E-state index contributed by atoms with van der Waals surface area (Å²) in [6.45, 7) is 0.757. The predicted octanol–water partition coefficient (Wildman–Crippen LogP) is 4.55. The number of thioether (sulfide) groups is 2. The maximum Gasteiger partial charge on any atom is 0.280 e. The van der Waals surface area contributed by atoms with E-state index in [2.05, 4.69) is 15.8 Å². The molecule has 1 amide bonds. The topological polar surface area (TPSA) is 52.8 Å². The van der Waals surface area contributed by atoms with E-state index >= 15 is 0 Å². The van der Waals surface area contributed by atoms with E-state index in [9.17, 15) is 4.79 Å². The first-order valence-corrected chi connectivity index (χ1v) is 12.0. The Bertz CT molecular complexity index is 1060. The molecular formula is C20H22N2O3S3. The van der Waals surface area contributed by atoms with Gasteiger partial charge in [0.05, 0.1) is 30.0 Å². The number of nitrogens with zero attached hydrogens (tertiary/aromatic N) is 2. The monoisotopic (exact) mass is 434 g/mol. The summed E-state index contributed by atoms with van der Waals surface area (Å²) >= 11 is 4.78.